The molecular formula is C13H22N2OS. The Morgan fingerprint density at radius 2 is 2.18 bits per heavy atom. The van der Waals surface area contributed by atoms with Gasteiger partial charge in [-0.1, -0.05) is 25.2 Å². The lowest BCUT2D eigenvalue weighted by atomic mass is 10.1. The number of hydrogen-bond donors (Lipinski definition) is 1. The molecule has 3 nitrogen and oxygen atoms in total. The summed E-state index contributed by atoms with van der Waals surface area (Å²) in [6, 6.07) is 0.696. The Bertz CT molecular complexity index is 358. The SMILES string of the molecule is CC(C)CCN(c1ncc(C(C)O)s1)C1CC1. The molecule has 0 saturated heterocycles. The predicted molar refractivity (Wildman–Crippen MR) is 72.6 cm³/mol. The van der Waals surface area contributed by atoms with E-state index in [2.05, 4.69) is 23.7 Å². The number of aliphatic hydroxyl groups is 1. The van der Waals surface area contributed by atoms with Crippen molar-refractivity contribution in [1.82, 2.24) is 4.98 Å². The molecule has 0 spiro atoms. The molecule has 0 aliphatic heterocycles. The topological polar surface area (TPSA) is 36.4 Å². The highest BCUT2D eigenvalue weighted by Crippen LogP contribution is 2.35. The van der Waals surface area contributed by atoms with E-state index in [4.69, 9.17) is 0 Å². The molecule has 1 fully saturated rings. The van der Waals surface area contributed by atoms with E-state index in [1.807, 2.05) is 6.20 Å². The van der Waals surface area contributed by atoms with Crippen molar-refractivity contribution in [3.8, 4) is 0 Å². The fourth-order valence-electron chi connectivity index (χ4n) is 1.82. The summed E-state index contributed by atoms with van der Waals surface area (Å²) in [7, 11) is 0. The first-order chi connectivity index (χ1) is 8.08. The standard InChI is InChI=1S/C13H22N2OS/c1-9(2)6-7-15(11-4-5-11)13-14-8-12(17-13)10(3)16/h8-11,16H,4-7H2,1-3H3. The molecule has 0 aromatic carbocycles. The second-order valence-electron chi connectivity index (χ2n) is 5.33. The van der Waals surface area contributed by atoms with Gasteiger partial charge in [-0.25, -0.2) is 4.98 Å². The van der Waals surface area contributed by atoms with Crippen LogP contribution in [0, 0.1) is 5.92 Å². The highest BCUT2D eigenvalue weighted by Gasteiger charge is 2.30. The van der Waals surface area contributed by atoms with Crippen molar-refractivity contribution in [3.63, 3.8) is 0 Å². The van der Waals surface area contributed by atoms with Crippen LogP contribution in [0.3, 0.4) is 0 Å². The molecule has 1 atom stereocenters. The van der Waals surface area contributed by atoms with Crippen molar-refractivity contribution in [2.45, 2.75) is 52.2 Å². The molecule has 4 heteroatoms. The van der Waals surface area contributed by atoms with E-state index >= 15 is 0 Å². The quantitative estimate of drug-likeness (QED) is 0.847. The largest absolute Gasteiger partial charge is 0.388 e. The van der Waals surface area contributed by atoms with Crippen LogP contribution in [0.25, 0.3) is 0 Å². The van der Waals surface area contributed by atoms with Crippen molar-refractivity contribution in [2.75, 3.05) is 11.4 Å². The molecule has 0 bridgehead atoms. The fraction of sp³-hybridized carbons (Fsp3) is 0.769. The van der Waals surface area contributed by atoms with Gasteiger partial charge in [0.25, 0.3) is 0 Å². The van der Waals surface area contributed by atoms with Gasteiger partial charge < -0.3 is 10.0 Å². The number of thiazole rings is 1. The van der Waals surface area contributed by atoms with Gasteiger partial charge in [-0.2, -0.15) is 0 Å². The van der Waals surface area contributed by atoms with Gasteiger partial charge in [-0.3, -0.25) is 0 Å². The smallest absolute Gasteiger partial charge is 0.185 e. The lowest BCUT2D eigenvalue weighted by Gasteiger charge is -2.22. The number of aromatic nitrogens is 1. The Labute approximate surface area is 107 Å². The molecule has 1 heterocycles. The molecule has 96 valence electrons. The Kier molecular flexibility index (Phi) is 4.05. The summed E-state index contributed by atoms with van der Waals surface area (Å²) < 4.78 is 0. The first kappa shape index (κ1) is 12.8. The maximum absolute atomic E-state index is 9.54. The van der Waals surface area contributed by atoms with Gasteiger partial charge in [0.05, 0.1) is 11.0 Å². The minimum Gasteiger partial charge on any atom is -0.388 e. The van der Waals surface area contributed by atoms with E-state index in [1.165, 1.54) is 19.3 Å². The van der Waals surface area contributed by atoms with Crippen molar-refractivity contribution >= 4 is 16.5 Å². The second kappa shape index (κ2) is 5.36. The summed E-state index contributed by atoms with van der Waals surface area (Å²) in [5.74, 6) is 0.729. The zero-order valence-corrected chi connectivity index (χ0v) is 11.7. The van der Waals surface area contributed by atoms with Gasteiger partial charge in [-0.15, -0.1) is 0 Å². The minimum absolute atomic E-state index is 0.396. The van der Waals surface area contributed by atoms with Crippen LogP contribution in [0.15, 0.2) is 6.20 Å². The molecular weight excluding hydrogens is 232 g/mol. The predicted octanol–water partition coefficient (Wildman–Crippen LogP) is 3.21. The molecule has 2 rings (SSSR count). The van der Waals surface area contributed by atoms with Crippen molar-refractivity contribution in [1.29, 1.82) is 0 Å². The average molecular weight is 254 g/mol. The summed E-state index contributed by atoms with van der Waals surface area (Å²) in [5.41, 5.74) is 0. The normalized spacial score (nSPS) is 17.5. The van der Waals surface area contributed by atoms with Gasteiger partial charge in [-0.05, 0) is 32.1 Å². The number of anilines is 1. The van der Waals surface area contributed by atoms with E-state index in [-0.39, 0.29) is 0 Å². The zero-order chi connectivity index (χ0) is 12.4. The number of rotatable bonds is 6. The first-order valence-electron chi connectivity index (χ1n) is 6.48. The summed E-state index contributed by atoms with van der Waals surface area (Å²) in [6.45, 7) is 7.41. The molecule has 1 saturated carbocycles. The summed E-state index contributed by atoms with van der Waals surface area (Å²) in [5, 5.41) is 10.6. The second-order valence-corrected chi connectivity index (χ2v) is 6.37. The van der Waals surface area contributed by atoms with Crippen LogP contribution in [0.4, 0.5) is 5.13 Å². The van der Waals surface area contributed by atoms with Gasteiger partial charge in [0, 0.05) is 18.8 Å². The van der Waals surface area contributed by atoms with Crippen LogP contribution in [0.1, 0.15) is 51.0 Å². The third-order valence-corrected chi connectivity index (χ3v) is 4.31. The molecule has 1 aromatic rings. The number of hydrogen-bond acceptors (Lipinski definition) is 4. The van der Waals surface area contributed by atoms with E-state index in [1.54, 1.807) is 18.3 Å². The summed E-state index contributed by atoms with van der Waals surface area (Å²) in [6.07, 6.45) is 5.21. The van der Waals surface area contributed by atoms with E-state index < -0.39 is 6.10 Å². The first-order valence-corrected chi connectivity index (χ1v) is 7.30. The van der Waals surface area contributed by atoms with Crippen LogP contribution < -0.4 is 4.90 Å². The fourth-order valence-corrected chi connectivity index (χ4v) is 2.77. The molecule has 1 unspecified atom stereocenters. The molecule has 17 heavy (non-hydrogen) atoms. The van der Waals surface area contributed by atoms with Crippen LogP contribution in [-0.2, 0) is 0 Å². The Morgan fingerprint density at radius 1 is 1.47 bits per heavy atom. The highest BCUT2D eigenvalue weighted by molar-refractivity contribution is 7.15. The molecule has 1 N–H and O–H groups in total. The van der Waals surface area contributed by atoms with Gasteiger partial charge in [0.2, 0.25) is 0 Å². The third-order valence-electron chi connectivity index (χ3n) is 3.10. The lowest BCUT2D eigenvalue weighted by molar-refractivity contribution is 0.203. The van der Waals surface area contributed by atoms with Crippen LogP contribution in [-0.4, -0.2) is 22.7 Å². The van der Waals surface area contributed by atoms with E-state index in [0.29, 0.717) is 6.04 Å². The average Bonchev–Trinajstić information content (AvgIpc) is 2.95. The summed E-state index contributed by atoms with van der Waals surface area (Å²) >= 11 is 1.63. The highest BCUT2D eigenvalue weighted by atomic mass is 32.1. The number of aliphatic hydroxyl groups excluding tert-OH is 1. The van der Waals surface area contributed by atoms with Crippen LogP contribution in [0.5, 0.6) is 0 Å². The van der Waals surface area contributed by atoms with Gasteiger partial charge in [0.1, 0.15) is 0 Å². The van der Waals surface area contributed by atoms with E-state index in [9.17, 15) is 5.11 Å². The molecule has 1 aliphatic rings. The number of nitrogens with zero attached hydrogens (tertiary/aromatic N) is 2. The maximum atomic E-state index is 9.54. The van der Waals surface area contributed by atoms with E-state index in [0.717, 1.165) is 22.5 Å². The van der Waals surface area contributed by atoms with Gasteiger partial charge >= 0.3 is 0 Å². The summed E-state index contributed by atoms with van der Waals surface area (Å²) in [4.78, 5) is 7.86. The van der Waals surface area contributed by atoms with Crippen LogP contribution in [0.2, 0.25) is 0 Å². The minimum atomic E-state index is -0.396. The molecule has 0 radical (unpaired) electrons. The van der Waals surface area contributed by atoms with Crippen molar-refractivity contribution in [3.05, 3.63) is 11.1 Å². The Balaban J connectivity index is 2.03. The Hall–Kier alpha value is -0.610. The third kappa shape index (κ3) is 3.42. The molecule has 1 aromatic heterocycles. The monoisotopic (exact) mass is 254 g/mol. The Morgan fingerprint density at radius 3 is 2.65 bits per heavy atom. The zero-order valence-electron chi connectivity index (χ0n) is 10.9. The molecule has 1 aliphatic carbocycles. The van der Waals surface area contributed by atoms with Gasteiger partial charge in [0.15, 0.2) is 5.13 Å². The molecule has 0 amide bonds. The van der Waals surface area contributed by atoms with Crippen LogP contribution >= 0.6 is 11.3 Å². The maximum Gasteiger partial charge on any atom is 0.185 e. The van der Waals surface area contributed by atoms with Crippen molar-refractivity contribution < 1.29 is 5.11 Å². The van der Waals surface area contributed by atoms with Crippen molar-refractivity contribution in [2.24, 2.45) is 5.92 Å². The lowest BCUT2D eigenvalue weighted by Crippen LogP contribution is -2.27.